The number of aryl methyl sites for hydroxylation is 2. The number of nitro groups is 1. The van der Waals surface area contributed by atoms with Crippen molar-refractivity contribution in [3.63, 3.8) is 0 Å². The van der Waals surface area contributed by atoms with Crippen LogP contribution in [0.25, 0.3) is 0 Å². The number of nitrogens with one attached hydrogen (secondary N) is 2. The summed E-state index contributed by atoms with van der Waals surface area (Å²) in [7, 11) is 0. The van der Waals surface area contributed by atoms with Crippen molar-refractivity contribution >= 4 is 40.2 Å². The van der Waals surface area contributed by atoms with Crippen LogP contribution in [-0.2, 0) is 17.9 Å². The van der Waals surface area contributed by atoms with Crippen molar-refractivity contribution in [2.24, 2.45) is 0 Å². The van der Waals surface area contributed by atoms with Crippen LogP contribution in [0, 0.1) is 34.5 Å². The molecule has 170 valence electrons. The van der Waals surface area contributed by atoms with Gasteiger partial charge in [-0.3, -0.25) is 14.3 Å². The van der Waals surface area contributed by atoms with Gasteiger partial charge in [0.25, 0.3) is 0 Å². The van der Waals surface area contributed by atoms with Gasteiger partial charge in [0.1, 0.15) is 13.1 Å². The lowest BCUT2D eigenvalue weighted by molar-refractivity contribution is -0.389. The second kappa shape index (κ2) is 9.84. The molecule has 0 bridgehead atoms. The van der Waals surface area contributed by atoms with Crippen LogP contribution < -0.4 is 10.6 Å². The molecule has 2 amide bonds. The van der Waals surface area contributed by atoms with Gasteiger partial charge in [-0.25, -0.2) is 0 Å². The van der Waals surface area contributed by atoms with Gasteiger partial charge < -0.3 is 25.3 Å². The fourth-order valence-electron chi connectivity index (χ4n) is 2.76. The van der Waals surface area contributed by atoms with Gasteiger partial charge in [-0.2, -0.15) is 14.8 Å². The number of rotatable bonds is 9. The maximum atomic E-state index is 12.1. The molecule has 0 atom stereocenters. The summed E-state index contributed by atoms with van der Waals surface area (Å²) in [6.45, 7) is 5.88. The predicted molar refractivity (Wildman–Crippen MR) is 117 cm³/mol. The van der Waals surface area contributed by atoms with Crippen LogP contribution in [0.5, 0.6) is 0 Å². The SMILES string of the molecule is Cc1nn(CC(=O)NCCNC(=O)c2nc(Cn3nc([N+](=O)[O-])cc3C)no2)c(C)c1I. The highest BCUT2D eigenvalue weighted by atomic mass is 127. The fraction of sp³-hybridized carbons (Fsp3) is 0.412. The minimum absolute atomic E-state index is 0.0117. The molecular weight excluding hydrogens is 537 g/mol. The van der Waals surface area contributed by atoms with E-state index < -0.39 is 10.8 Å². The number of carbonyl (C=O) groups is 2. The summed E-state index contributed by atoms with van der Waals surface area (Å²) in [5.41, 5.74) is 2.32. The Balaban J connectivity index is 1.44. The van der Waals surface area contributed by atoms with Gasteiger partial charge in [-0.05, 0) is 48.3 Å². The van der Waals surface area contributed by atoms with Crippen molar-refractivity contribution in [3.8, 4) is 0 Å². The first-order valence-corrected chi connectivity index (χ1v) is 10.5. The van der Waals surface area contributed by atoms with Crippen LogP contribution in [0.3, 0.4) is 0 Å². The Morgan fingerprint density at radius 2 is 1.91 bits per heavy atom. The van der Waals surface area contributed by atoms with Crippen LogP contribution in [-0.4, -0.2) is 59.5 Å². The molecule has 15 heteroatoms. The standard InChI is InChI=1S/C17H20IN9O5/c1-9-6-13(27(30)31)23-25(9)7-12-21-17(32-24-12)16(29)20-5-4-19-14(28)8-26-11(3)15(18)10(2)22-26/h6H,4-5,7-8H2,1-3H3,(H,19,28)(H,20,29). The zero-order valence-corrected chi connectivity index (χ0v) is 19.6. The van der Waals surface area contributed by atoms with Crippen molar-refractivity contribution in [2.45, 2.75) is 33.9 Å². The van der Waals surface area contributed by atoms with Gasteiger partial charge >= 0.3 is 17.6 Å². The summed E-state index contributed by atoms with van der Waals surface area (Å²) in [5, 5.41) is 27.9. The molecule has 3 aromatic heterocycles. The maximum absolute atomic E-state index is 12.1. The van der Waals surface area contributed by atoms with E-state index in [0.717, 1.165) is 15.0 Å². The van der Waals surface area contributed by atoms with Crippen molar-refractivity contribution in [1.82, 2.24) is 40.3 Å². The van der Waals surface area contributed by atoms with E-state index in [4.69, 9.17) is 4.52 Å². The van der Waals surface area contributed by atoms with Crippen LogP contribution in [0.1, 0.15) is 33.6 Å². The van der Waals surface area contributed by atoms with E-state index in [9.17, 15) is 19.7 Å². The summed E-state index contributed by atoms with van der Waals surface area (Å²) in [5.74, 6) is -1.25. The molecule has 0 saturated carbocycles. The van der Waals surface area contributed by atoms with E-state index in [1.54, 1.807) is 11.6 Å². The third-order valence-electron chi connectivity index (χ3n) is 4.43. The van der Waals surface area contributed by atoms with Gasteiger partial charge in [0.2, 0.25) is 5.91 Å². The Labute approximate surface area is 195 Å². The quantitative estimate of drug-likeness (QED) is 0.164. The van der Waals surface area contributed by atoms with E-state index in [0.29, 0.717) is 5.69 Å². The summed E-state index contributed by atoms with van der Waals surface area (Å²) < 4.78 is 8.91. The molecule has 3 heterocycles. The van der Waals surface area contributed by atoms with E-state index >= 15 is 0 Å². The Morgan fingerprint density at radius 3 is 2.53 bits per heavy atom. The summed E-state index contributed by atoms with van der Waals surface area (Å²) >= 11 is 2.18. The molecule has 2 N–H and O–H groups in total. The number of hydrogen-bond donors (Lipinski definition) is 2. The number of nitrogens with zero attached hydrogens (tertiary/aromatic N) is 7. The number of aromatic nitrogens is 6. The summed E-state index contributed by atoms with van der Waals surface area (Å²) in [4.78, 5) is 38.4. The van der Waals surface area contributed by atoms with E-state index in [2.05, 4.69) is 53.6 Å². The Morgan fingerprint density at radius 1 is 1.19 bits per heavy atom. The van der Waals surface area contributed by atoms with Crippen molar-refractivity contribution in [3.05, 3.63) is 48.5 Å². The summed E-state index contributed by atoms with van der Waals surface area (Å²) in [6.07, 6.45) is 0. The Hall–Kier alpha value is -3.37. The van der Waals surface area contributed by atoms with Crippen molar-refractivity contribution < 1.29 is 19.0 Å². The number of hydrogen-bond acceptors (Lipinski definition) is 9. The fourth-order valence-corrected chi connectivity index (χ4v) is 3.15. The Kier molecular flexibility index (Phi) is 7.16. The highest BCUT2D eigenvalue weighted by molar-refractivity contribution is 14.1. The topological polar surface area (TPSA) is 176 Å². The molecule has 3 rings (SSSR count). The zero-order valence-electron chi connectivity index (χ0n) is 17.5. The highest BCUT2D eigenvalue weighted by Gasteiger charge is 2.20. The van der Waals surface area contributed by atoms with E-state index in [-0.39, 0.29) is 49.6 Å². The second-order valence-corrected chi connectivity index (χ2v) is 7.90. The molecule has 0 saturated heterocycles. The average Bonchev–Trinajstić information content (AvgIpc) is 3.42. The minimum atomic E-state index is -0.603. The second-order valence-electron chi connectivity index (χ2n) is 6.82. The van der Waals surface area contributed by atoms with E-state index in [1.807, 2.05) is 13.8 Å². The lowest BCUT2D eigenvalue weighted by Gasteiger charge is -2.07. The molecule has 0 aliphatic carbocycles. The largest absolute Gasteiger partial charge is 0.390 e. The molecule has 0 radical (unpaired) electrons. The summed E-state index contributed by atoms with van der Waals surface area (Å²) in [6, 6.07) is 1.32. The number of carbonyl (C=O) groups excluding carboxylic acids is 2. The number of amides is 2. The molecule has 32 heavy (non-hydrogen) atoms. The molecular formula is C17H20IN9O5. The van der Waals surface area contributed by atoms with Crippen molar-refractivity contribution in [1.29, 1.82) is 0 Å². The molecule has 3 aromatic rings. The molecule has 0 aliphatic rings. The lowest BCUT2D eigenvalue weighted by Crippen LogP contribution is -2.36. The van der Waals surface area contributed by atoms with Crippen molar-refractivity contribution in [2.75, 3.05) is 13.1 Å². The average molecular weight is 557 g/mol. The van der Waals surface area contributed by atoms with Gasteiger partial charge in [0.15, 0.2) is 5.82 Å². The predicted octanol–water partition coefficient (Wildman–Crippen LogP) is 0.495. The molecule has 0 spiro atoms. The molecule has 0 aliphatic heterocycles. The monoisotopic (exact) mass is 557 g/mol. The molecule has 0 aromatic carbocycles. The minimum Gasteiger partial charge on any atom is -0.358 e. The zero-order chi connectivity index (χ0) is 23.4. The first-order chi connectivity index (χ1) is 15.2. The van der Waals surface area contributed by atoms with Gasteiger partial charge in [0.05, 0.1) is 26.1 Å². The Bertz CT molecular complexity index is 1170. The van der Waals surface area contributed by atoms with Crippen LogP contribution in [0.4, 0.5) is 5.82 Å². The number of halogens is 1. The van der Waals surface area contributed by atoms with Gasteiger partial charge in [-0.15, -0.1) is 0 Å². The lowest BCUT2D eigenvalue weighted by atomic mass is 10.4. The van der Waals surface area contributed by atoms with E-state index in [1.165, 1.54) is 10.7 Å². The van der Waals surface area contributed by atoms with Crippen LogP contribution >= 0.6 is 22.6 Å². The molecule has 14 nitrogen and oxygen atoms in total. The van der Waals surface area contributed by atoms with Gasteiger partial charge in [0, 0.05) is 18.8 Å². The maximum Gasteiger partial charge on any atom is 0.390 e. The third-order valence-corrected chi connectivity index (χ3v) is 5.99. The van der Waals surface area contributed by atoms with Crippen LogP contribution in [0.2, 0.25) is 0 Å². The smallest absolute Gasteiger partial charge is 0.358 e. The van der Waals surface area contributed by atoms with Gasteiger partial charge in [-0.1, -0.05) is 5.16 Å². The highest BCUT2D eigenvalue weighted by Crippen LogP contribution is 2.15. The molecule has 0 unspecified atom stereocenters. The first kappa shape index (κ1) is 23.3. The third kappa shape index (κ3) is 5.45. The normalized spacial score (nSPS) is 10.9. The molecule has 0 fully saturated rings. The first-order valence-electron chi connectivity index (χ1n) is 9.41. The van der Waals surface area contributed by atoms with Crippen LogP contribution in [0.15, 0.2) is 10.6 Å².